The molecule has 0 saturated heterocycles. The van der Waals surface area contributed by atoms with Crippen LogP contribution in [0.1, 0.15) is 99.2 Å². The highest BCUT2D eigenvalue weighted by atomic mass is 32.2. The summed E-state index contributed by atoms with van der Waals surface area (Å²) >= 11 is 1.86. The number of carbonyl (C=O) groups is 3. The van der Waals surface area contributed by atoms with Gasteiger partial charge in [-0.2, -0.15) is 11.8 Å². The van der Waals surface area contributed by atoms with E-state index in [1.807, 2.05) is 71.0 Å². The second-order valence-corrected chi connectivity index (χ2v) is 22.2. The van der Waals surface area contributed by atoms with E-state index in [-0.39, 0.29) is 47.8 Å². The highest BCUT2D eigenvalue weighted by Gasteiger charge is 2.39. The van der Waals surface area contributed by atoms with E-state index < -0.39 is 0 Å². The molecule has 5 aromatic rings. The predicted octanol–water partition coefficient (Wildman–Crippen LogP) is 9.72. The van der Waals surface area contributed by atoms with Crippen molar-refractivity contribution >= 4 is 46.5 Å². The van der Waals surface area contributed by atoms with Crippen LogP contribution >= 0.6 is 11.8 Å². The van der Waals surface area contributed by atoms with Gasteiger partial charge in [0.2, 0.25) is 5.91 Å². The number of fused-ring (bicyclic) bond motifs is 8. The lowest BCUT2D eigenvalue weighted by Gasteiger charge is -2.34. The van der Waals surface area contributed by atoms with Gasteiger partial charge in [0.1, 0.15) is 19.0 Å². The molecule has 9 rings (SSSR count). The molecule has 0 aromatic heterocycles. The van der Waals surface area contributed by atoms with E-state index in [9.17, 15) is 14.4 Å². The first kappa shape index (κ1) is 52.8. The van der Waals surface area contributed by atoms with Crippen LogP contribution in [0.2, 0.25) is 0 Å². The number of rotatable bonds is 24. The molecule has 0 aliphatic carbocycles. The van der Waals surface area contributed by atoms with E-state index in [4.69, 9.17) is 28.4 Å². The van der Waals surface area contributed by atoms with Gasteiger partial charge in [-0.1, -0.05) is 36.4 Å². The molecule has 4 aliphatic rings. The molecular formula is C60H72N4O9S. The Labute approximate surface area is 441 Å². The monoisotopic (exact) mass is 1020 g/mol. The number of nitrogens with zero attached hydrogens (tertiary/aromatic N) is 3. The van der Waals surface area contributed by atoms with Crippen molar-refractivity contribution in [2.75, 3.05) is 87.8 Å². The molecule has 4 heterocycles. The lowest BCUT2D eigenvalue weighted by Crippen LogP contribution is -2.39. The van der Waals surface area contributed by atoms with E-state index in [0.717, 1.165) is 107 Å². The second-order valence-electron chi connectivity index (χ2n) is 20.4. The molecule has 4 aliphatic heterocycles. The third-order valence-corrected chi connectivity index (χ3v) is 16.1. The topological polar surface area (TPSA) is 128 Å². The van der Waals surface area contributed by atoms with Crippen LogP contribution in [-0.2, 0) is 57.9 Å². The normalized spacial score (nSPS) is 16.6. The molecular weight excluding hydrogens is 953 g/mol. The Balaban J connectivity index is 0.990. The van der Waals surface area contributed by atoms with Gasteiger partial charge in [-0.15, -0.1) is 0 Å². The summed E-state index contributed by atoms with van der Waals surface area (Å²) < 4.78 is 36.2. The first-order valence-corrected chi connectivity index (χ1v) is 27.2. The number of anilines is 3. The van der Waals surface area contributed by atoms with Gasteiger partial charge in [0, 0.05) is 78.7 Å². The van der Waals surface area contributed by atoms with Crippen LogP contribution in [0.3, 0.4) is 0 Å². The average molecular weight is 1030 g/mol. The summed E-state index contributed by atoms with van der Waals surface area (Å²) in [5, 5.41) is 2.74. The molecule has 0 spiro atoms. The fourth-order valence-electron chi connectivity index (χ4n) is 11.0. The number of hydrogen-bond acceptors (Lipinski definition) is 11. The molecule has 0 unspecified atom stereocenters. The third-order valence-electron chi connectivity index (χ3n) is 14.7. The molecule has 0 bridgehead atoms. The van der Waals surface area contributed by atoms with Gasteiger partial charge in [0.25, 0.3) is 11.8 Å². The summed E-state index contributed by atoms with van der Waals surface area (Å²) in [5.74, 6) is 2.77. The highest BCUT2D eigenvalue weighted by Crippen LogP contribution is 2.42. The highest BCUT2D eigenvalue weighted by molar-refractivity contribution is 8.00. The summed E-state index contributed by atoms with van der Waals surface area (Å²) in [6.07, 6.45) is 6.24. The van der Waals surface area contributed by atoms with Crippen molar-refractivity contribution in [1.29, 1.82) is 0 Å². The first-order valence-electron chi connectivity index (χ1n) is 26.2. The van der Waals surface area contributed by atoms with E-state index >= 15 is 0 Å². The zero-order valence-electron chi connectivity index (χ0n) is 44.0. The zero-order valence-corrected chi connectivity index (χ0v) is 44.8. The minimum Gasteiger partial charge on any atom is -0.493 e. The van der Waals surface area contributed by atoms with E-state index in [2.05, 4.69) is 72.6 Å². The maximum Gasteiger partial charge on any atom is 0.258 e. The first-order chi connectivity index (χ1) is 35.9. The van der Waals surface area contributed by atoms with Crippen molar-refractivity contribution in [2.45, 2.75) is 102 Å². The van der Waals surface area contributed by atoms with Crippen molar-refractivity contribution in [3.63, 3.8) is 0 Å². The SMILES string of the molecule is CNC(=O)CCCSC(C)(C)CN(CCOCCOCCOC)c1cc(COc2cc3c(cc2C)C(=O)N2c4ccccc4C[C@H]2CC3)cc(COc2cc3c(cc2OC)C(=O)N2c4ccccc4C[C@H]2CC3)c1. The zero-order chi connectivity index (χ0) is 51.8. The van der Waals surface area contributed by atoms with Crippen molar-refractivity contribution in [3.05, 3.63) is 141 Å². The van der Waals surface area contributed by atoms with Gasteiger partial charge >= 0.3 is 0 Å². The number of benzene rings is 5. The molecule has 5 aromatic carbocycles. The standard InChI is InChI=1S/C60H72N4O9S/c1-40-28-50-43(17-19-47-32-45-12-7-9-14-52(45)63(47)58(50)66)34-54(40)72-37-41-29-42(31-49(30-41)62(21-22-70-25-26-71-24-23-68-5)39-60(2,3)74-27-11-16-57(65)61-4)38-73-56-35-44-18-20-48-33-46-13-8-10-15-53(46)64(48)59(67)51(44)36-55(56)69-6/h7-10,12-15,28-31,34-36,47-48H,11,16-27,32-33,37-39H2,1-6H3,(H,61,65)/t47-,48-/m1/s1. The number of carbonyl (C=O) groups excluding carboxylic acids is 3. The van der Waals surface area contributed by atoms with Gasteiger partial charge < -0.3 is 48.4 Å². The van der Waals surface area contributed by atoms with Crippen molar-refractivity contribution in [3.8, 4) is 17.2 Å². The minimum atomic E-state index is -0.188. The molecule has 0 saturated carbocycles. The molecule has 0 radical (unpaired) electrons. The Morgan fingerprint density at radius 3 is 1.88 bits per heavy atom. The summed E-state index contributed by atoms with van der Waals surface area (Å²) in [6.45, 7) is 10.8. The molecule has 13 nitrogen and oxygen atoms in total. The maximum absolute atomic E-state index is 14.3. The Kier molecular flexibility index (Phi) is 17.2. The number of aryl methyl sites for hydroxylation is 3. The van der Waals surface area contributed by atoms with Crippen molar-refractivity contribution in [1.82, 2.24) is 5.32 Å². The molecule has 392 valence electrons. The van der Waals surface area contributed by atoms with Crippen LogP contribution in [0.15, 0.2) is 91.0 Å². The minimum absolute atomic E-state index is 0.00712. The molecule has 3 amide bonds. The van der Waals surface area contributed by atoms with E-state index in [1.54, 1.807) is 21.3 Å². The molecule has 14 heteroatoms. The van der Waals surface area contributed by atoms with Crippen LogP contribution in [0, 0.1) is 6.92 Å². The fourth-order valence-corrected chi connectivity index (χ4v) is 12.1. The summed E-state index contributed by atoms with van der Waals surface area (Å²) in [5.41, 5.74) is 11.6. The Morgan fingerprint density at radius 2 is 1.27 bits per heavy atom. The van der Waals surface area contributed by atoms with Crippen LogP contribution < -0.4 is 34.2 Å². The molecule has 2 atom stereocenters. The van der Waals surface area contributed by atoms with E-state index in [0.29, 0.717) is 69.6 Å². The molecule has 0 fully saturated rings. The number of ether oxygens (including phenoxy) is 6. The number of nitrogens with one attached hydrogen (secondary N) is 1. The predicted molar refractivity (Wildman–Crippen MR) is 293 cm³/mol. The lowest BCUT2D eigenvalue weighted by molar-refractivity contribution is -0.120. The maximum atomic E-state index is 14.3. The lowest BCUT2D eigenvalue weighted by atomic mass is 9.98. The number of amides is 3. The molecule has 1 N–H and O–H groups in total. The summed E-state index contributed by atoms with van der Waals surface area (Å²) in [4.78, 5) is 46.9. The van der Waals surface area contributed by atoms with Gasteiger partial charge in [0.05, 0.1) is 40.1 Å². The van der Waals surface area contributed by atoms with Crippen LogP contribution in [0.5, 0.6) is 17.2 Å². The Bertz CT molecular complexity index is 2820. The van der Waals surface area contributed by atoms with Gasteiger partial charge in [-0.25, -0.2) is 0 Å². The fraction of sp³-hybridized carbons (Fsp3) is 0.450. The van der Waals surface area contributed by atoms with Crippen molar-refractivity contribution in [2.24, 2.45) is 0 Å². The average Bonchev–Trinajstić information content (AvgIpc) is 3.90. The quantitative estimate of drug-likeness (QED) is 0.0594. The largest absolute Gasteiger partial charge is 0.493 e. The Hall–Kier alpha value is -6.06. The third kappa shape index (κ3) is 12.2. The number of para-hydroxylation sites is 2. The smallest absolute Gasteiger partial charge is 0.258 e. The van der Waals surface area contributed by atoms with Gasteiger partial charge in [-0.3, -0.25) is 14.4 Å². The van der Waals surface area contributed by atoms with Crippen molar-refractivity contribution < 1.29 is 42.8 Å². The van der Waals surface area contributed by atoms with Crippen LogP contribution in [0.4, 0.5) is 17.1 Å². The van der Waals surface area contributed by atoms with E-state index in [1.165, 1.54) is 11.1 Å². The second kappa shape index (κ2) is 24.1. The van der Waals surface area contributed by atoms with Crippen LogP contribution in [-0.4, -0.2) is 108 Å². The number of hydrogen-bond donors (Lipinski definition) is 1. The Morgan fingerprint density at radius 1 is 0.703 bits per heavy atom. The van der Waals surface area contributed by atoms with Crippen LogP contribution in [0.25, 0.3) is 0 Å². The van der Waals surface area contributed by atoms with Gasteiger partial charge in [-0.05, 0) is 165 Å². The summed E-state index contributed by atoms with van der Waals surface area (Å²) in [7, 11) is 4.95. The number of thioether (sulfide) groups is 1. The number of methoxy groups -OCH3 is 2. The van der Waals surface area contributed by atoms with Gasteiger partial charge in [0.15, 0.2) is 11.5 Å². The molecule has 74 heavy (non-hydrogen) atoms. The summed E-state index contributed by atoms with van der Waals surface area (Å²) in [6, 6.07) is 31.1.